The number of phenols is 1. The van der Waals surface area contributed by atoms with Gasteiger partial charge in [-0.15, -0.1) is 12.6 Å². The molecule has 0 fully saturated rings. The first-order chi connectivity index (χ1) is 19.4. The van der Waals surface area contributed by atoms with E-state index in [0.29, 0.717) is 47.1 Å². The molecule has 0 aliphatic heterocycles. The summed E-state index contributed by atoms with van der Waals surface area (Å²) < 4.78 is 3.53. The first-order valence-corrected chi connectivity index (χ1v) is 13.3. The average molecular weight is 553 g/mol. The van der Waals surface area contributed by atoms with Crippen molar-refractivity contribution in [2.45, 2.75) is 45.2 Å². The van der Waals surface area contributed by atoms with Crippen molar-refractivity contribution in [3.05, 3.63) is 83.5 Å². The van der Waals surface area contributed by atoms with Crippen LogP contribution in [0.5, 0.6) is 5.75 Å². The van der Waals surface area contributed by atoms with Gasteiger partial charge in [0.1, 0.15) is 31.1 Å². The molecule has 6 rings (SSSR count). The summed E-state index contributed by atoms with van der Waals surface area (Å²) in [6.45, 7) is 6.95. The summed E-state index contributed by atoms with van der Waals surface area (Å²) >= 11 is 4.72. The van der Waals surface area contributed by atoms with Gasteiger partial charge < -0.3 is 15.7 Å². The minimum Gasteiger partial charge on any atom is -0.507 e. The third-order valence-corrected chi connectivity index (χ3v) is 7.44. The van der Waals surface area contributed by atoms with Crippen LogP contribution in [0.4, 0.5) is 11.6 Å². The predicted octanol–water partition coefficient (Wildman–Crippen LogP) is 4.68. The molecule has 11 nitrogen and oxygen atoms in total. The van der Waals surface area contributed by atoms with Gasteiger partial charge in [0.15, 0.2) is 34.0 Å². The lowest BCUT2D eigenvalue weighted by Crippen LogP contribution is -2.09. The normalized spacial score (nSPS) is 11.4. The maximum atomic E-state index is 10.5. The number of aromatic nitrogens is 8. The van der Waals surface area contributed by atoms with Crippen LogP contribution in [-0.2, 0) is 19.5 Å². The summed E-state index contributed by atoms with van der Waals surface area (Å²) in [4.78, 5) is 27.9. The zero-order valence-corrected chi connectivity index (χ0v) is 23.2. The molecule has 202 valence electrons. The van der Waals surface area contributed by atoms with Crippen molar-refractivity contribution >= 4 is 46.6 Å². The molecule has 4 aromatic heterocycles. The molecule has 6 aromatic rings. The predicted molar refractivity (Wildman–Crippen MR) is 157 cm³/mol. The van der Waals surface area contributed by atoms with Crippen LogP contribution in [0.2, 0.25) is 0 Å². The molecule has 0 bridgehead atoms. The smallest absolute Gasteiger partial charge is 0.185 e. The number of anilines is 2. The van der Waals surface area contributed by atoms with E-state index >= 15 is 0 Å². The largest absolute Gasteiger partial charge is 0.507 e. The van der Waals surface area contributed by atoms with Crippen LogP contribution in [0, 0.1) is 13.8 Å². The molecule has 4 heterocycles. The Morgan fingerprint density at radius 2 is 1.35 bits per heavy atom. The van der Waals surface area contributed by atoms with Crippen molar-refractivity contribution in [3.8, 4) is 5.75 Å². The Bertz CT molecular complexity index is 1860. The topological polar surface area (TPSA) is 131 Å². The number of thiol groups is 1. The van der Waals surface area contributed by atoms with Gasteiger partial charge in [0, 0.05) is 23.5 Å². The molecular weight excluding hydrogens is 524 g/mol. The minimum absolute atomic E-state index is 0.270. The summed E-state index contributed by atoms with van der Waals surface area (Å²) in [5, 5.41) is 17.2. The van der Waals surface area contributed by atoms with Gasteiger partial charge in [-0.05, 0) is 37.0 Å². The molecule has 0 aliphatic rings. The van der Waals surface area contributed by atoms with E-state index in [1.54, 1.807) is 22.0 Å². The highest BCUT2D eigenvalue weighted by Gasteiger charge is 2.17. The molecule has 0 saturated heterocycles. The summed E-state index contributed by atoms with van der Waals surface area (Å²) in [5.74, 6) is 1.44. The standard InChI is InChI=1S/C28H28N10OS/c1-4-18-6-5-7-19(24(18)40)10-29-25-21-27(33-12-31-25)37(14-35-21)38-15-36-22-26(32-13-34-28(22)38)30-11-20-9-16(2)8-17(3)23(20)39/h5-9,12-15,39-40H,4,10-11H2,1-3H3,(H,29,31,33)(H,30,32,34). The number of hydrogen-bond donors (Lipinski definition) is 4. The van der Waals surface area contributed by atoms with E-state index in [1.165, 1.54) is 18.2 Å². The van der Waals surface area contributed by atoms with E-state index in [-0.39, 0.29) is 5.75 Å². The second-order valence-electron chi connectivity index (χ2n) is 9.54. The van der Waals surface area contributed by atoms with Gasteiger partial charge in [-0.25, -0.2) is 39.3 Å². The van der Waals surface area contributed by atoms with Crippen LogP contribution >= 0.6 is 12.6 Å². The number of imidazole rings is 2. The fourth-order valence-corrected chi connectivity index (χ4v) is 5.22. The van der Waals surface area contributed by atoms with Gasteiger partial charge in [0.25, 0.3) is 0 Å². The van der Waals surface area contributed by atoms with Gasteiger partial charge in [-0.3, -0.25) is 0 Å². The number of phenolic OH excluding ortho intramolecular Hbond substituents is 1. The van der Waals surface area contributed by atoms with Gasteiger partial charge in [0.2, 0.25) is 0 Å². The van der Waals surface area contributed by atoms with E-state index in [4.69, 9.17) is 12.6 Å². The van der Waals surface area contributed by atoms with E-state index < -0.39 is 0 Å². The Morgan fingerprint density at radius 1 is 0.775 bits per heavy atom. The lowest BCUT2D eigenvalue weighted by molar-refractivity contribution is 0.464. The molecule has 0 atom stereocenters. The van der Waals surface area contributed by atoms with Crippen molar-refractivity contribution in [2.75, 3.05) is 10.6 Å². The fourth-order valence-electron chi connectivity index (χ4n) is 4.83. The number of fused-ring (bicyclic) bond motifs is 2. The molecule has 0 spiro atoms. The molecule has 3 N–H and O–H groups in total. The molecule has 2 aromatic carbocycles. The molecular formula is C28H28N10OS. The van der Waals surface area contributed by atoms with Crippen molar-refractivity contribution in [1.29, 1.82) is 0 Å². The Labute approximate surface area is 235 Å². The quantitative estimate of drug-likeness (QED) is 0.199. The molecule has 0 saturated carbocycles. The second-order valence-corrected chi connectivity index (χ2v) is 9.99. The highest BCUT2D eigenvalue weighted by molar-refractivity contribution is 7.80. The van der Waals surface area contributed by atoms with Crippen LogP contribution < -0.4 is 10.6 Å². The molecule has 40 heavy (non-hydrogen) atoms. The highest BCUT2D eigenvalue weighted by Crippen LogP contribution is 2.27. The summed E-state index contributed by atoms with van der Waals surface area (Å²) in [6, 6.07) is 10.1. The van der Waals surface area contributed by atoms with E-state index in [9.17, 15) is 5.11 Å². The number of nitrogens with one attached hydrogen (secondary N) is 2. The van der Waals surface area contributed by atoms with Gasteiger partial charge in [0.05, 0.1) is 0 Å². The van der Waals surface area contributed by atoms with Crippen LogP contribution in [0.15, 0.2) is 60.5 Å². The third-order valence-electron chi connectivity index (χ3n) is 6.86. The van der Waals surface area contributed by atoms with E-state index in [2.05, 4.69) is 59.6 Å². The first kappa shape index (κ1) is 25.6. The lowest BCUT2D eigenvalue weighted by atomic mass is 10.1. The van der Waals surface area contributed by atoms with Gasteiger partial charge in [-0.2, -0.15) is 0 Å². The van der Waals surface area contributed by atoms with Crippen molar-refractivity contribution < 1.29 is 5.11 Å². The number of aryl methyl sites for hydroxylation is 3. The first-order valence-electron chi connectivity index (χ1n) is 12.9. The average Bonchev–Trinajstić information content (AvgIpc) is 3.58. The molecule has 0 aliphatic carbocycles. The summed E-state index contributed by atoms with van der Waals surface area (Å²) in [7, 11) is 0. The van der Waals surface area contributed by atoms with Crippen molar-refractivity contribution in [3.63, 3.8) is 0 Å². The number of hydrogen-bond acceptors (Lipinski definition) is 10. The highest BCUT2D eigenvalue weighted by atomic mass is 32.1. The Kier molecular flexibility index (Phi) is 6.68. The van der Waals surface area contributed by atoms with Crippen LogP contribution in [0.25, 0.3) is 22.3 Å². The SMILES string of the molecule is CCc1cccc(CNc2ncnc3c2ncn3-n2cnc3c(NCc4cc(C)cc(C)c4O)ncnc32)c1S. The number of nitrogens with zero attached hydrogens (tertiary/aromatic N) is 8. The van der Waals surface area contributed by atoms with Crippen LogP contribution in [0.3, 0.4) is 0 Å². The van der Waals surface area contributed by atoms with E-state index in [0.717, 1.165) is 33.6 Å². The Balaban J connectivity index is 1.29. The van der Waals surface area contributed by atoms with Gasteiger partial charge >= 0.3 is 0 Å². The molecule has 0 amide bonds. The van der Waals surface area contributed by atoms with Crippen LogP contribution in [-0.4, -0.2) is 44.4 Å². The number of aromatic hydroxyl groups is 1. The minimum atomic E-state index is 0.270. The molecule has 12 heteroatoms. The summed E-state index contributed by atoms with van der Waals surface area (Å²) in [5.41, 5.74) is 7.35. The zero-order valence-electron chi connectivity index (χ0n) is 22.3. The second kappa shape index (κ2) is 10.5. The van der Waals surface area contributed by atoms with Crippen LogP contribution in [0.1, 0.15) is 34.7 Å². The van der Waals surface area contributed by atoms with E-state index in [1.807, 2.05) is 32.0 Å². The van der Waals surface area contributed by atoms with Crippen molar-refractivity contribution in [2.24, 2.45) is 0 Å². The monoisotopic (exact) mass is 552 g/mol. The zero-order chi connectivity index (χ0) is 27.8. The maximum absolute atomic E-state index is 10.5. The lowest BCUT2D eigenvalue weighted by Gasteiger charge is -2.11. The third kappa shape index (κ3) is 4.56. The molecule has 0 unspecified atom stereocenters. The fraction of sp³-hybridized carbons (Fsp3) is 0.214. The Morgan fingerprint density at radius 3 is 1.95 bits per heavy atom. The summed E-state index contributed by atoms with van der Waals surface area (Å²) in [6.07, 6.45) is 7.21. The van der Waals surface area contributed by atoms with Crippen molar-refractivity contribution in [1.82, 2.24) is 39.3 Å². The van der Waals surface area contributed by atoms with Gasteiger partial charge in [-0.1, -0.05) is 42.8 Å². The number of benzene rings is 2. The number of rotatable bonds is 8. The Hall–Kier alpha value is -4.71. The maximum Gasteiger partial charge on any atom is 0.185 e. The molecule has 0 radical (unpaired) electrons.